The number of nitrogens with one attached hydrogen (secondary N) is 1. The number of amides is 1. The molecule has 0 aromatic heterocycles. The van der Waals surface area contributed by atoms with Crippen LogP contribution in [0.1, 0.15) is 37.7 Å². The molecule has 3 aliphatic rings. The van der Waals surface area contributed by atoms with Gasteiger partial charge in [-0.1, -0.05) is 6.07 Å². The lowest BCUT2D eigenvalue weighted by Crippen LogP contribution is -2.42. The fraction of sp³-hybridized carbons (Fsp3) is 0.611. The highest BCUT2D eigenvalue weighted by molar-refractivity contribution is 5.83. The molecule has 1 amide bonds. The number of rotatable bonds is 3. The second-order valence-electron chi connectivity index (χ2n) is 6.76. The van der Waals surface area contributed by atoms with Gasteiger partial charge in [0.25, 0.3) is 0 Å². The van der Waals surface area contributed by atoms with Crippen LogP contribution in [0.25, 0.3) is 0 Å². The van der Waals surface area contributed by atoms with Crippen molar-refractivity contribution in [1.29, 1.82) is 0 Å². The van der Waals surface area contributed by atoms with Crippen molar-refractivity contribution in [2.24, 2.45) is 5.92 Å². The van der Waals surface area contributed by atoms with E-state index in [9.17, 15) is 4.79 Å². The molecular weight excluding hydrogens is 294 g/mol. The summed E-state index contributed by atoms with van der Waals surface area (Å²) in [5, 5.41) is 3.20. The Morgan fingerprint density at radius 3 is 2.78 bits per heavy atom. The molecule has 23 heavy (non-hydrogen) atoms. The van der Waals surface area contributed by atoms with E-state index >= 15 is 0 Å². The number of hydrogen-bond donors (Lipinski definition) is 1. The molecule has 2 heterocycles. The van der Waals surface area contributed by atoms with E-state index in [0.29, 0.717) is 19.1 Å². The lowest BCUT2D eigenvalue weighted by atomic mass is 10.0. The fourth-order valence-electron chi connectivity index (χ4n) is 3.58. The SMILES string of the molecule is CC1CC(NC(=O)C2CC2c2ccc3c(c2)OCCO3)CCO1. The van der Waals surface area contributed by atoms with Crippen LogP contribution in [0.5, 0.6) is 11.5 Å². The Labute approximate surface area is 136 Å². The molecule has 0 bridgehead atoms. The average Bonchev–Trinajstić information content (AvgIpc) is 3.35. The summed E-state index contributed by atoms with van der Waals surface area (Å²) in [6.45, 7) is 3.99. The lowest BCUT2D eigenvalue weighted by Gasteiger charge is -2.28. The number of carbonyl (C=O) groups excluding carboxylic acids is 1. The summed E-state index contributed by atoms with van der Waals surface area (Å²) < 4.78 is 16.7. The number of hydrogen-bond acceptors (Lipinski definition) is 4. The largest absolute Gasteiger partial charge is 0.486 e. The molecule has 1 saturated heterocycles. The van der Waals surface area contributed by atoms with E-state index in [1.54, 1.807) is 0 Å². The molecule has 5 nitrogen and oxygen atoms in total. The summed E-state index contributed by atoms with van der Waals surface area (Å²) in [4.78, 5) is 12.4. The van der Waals surface area contributed by atoms with Gasteiger partial charge in [-0.15, -0.1) is 0 Å². The van der Waals surface area contributed by atoms with E-state index in [4.69, 9.17) is 14.2 Å². The maximum Gasteiger partial charge on any atom is 0.223 e. The van der Waals surface area contributed by atoms with E-state index in [0.717, 1.165) is 37.4 Å². The predicted octanol–water partition coefficient (Wildman–Crippen LogP) is 2.25. The molecule has 0 spiro atoms. The Morgan fingerprint density at radius 2 is 1.96 bits per heavy atom. The van der Waals surface area contributed by atoms with Crippen molar-refractivity contribution in [3.8, 4) is 11.5 Å². The fourth-order valence-corrected chi connectivity index (χ4v) is 3.58. The van der Waals surface area contributed by atoms with Crippen LogP contribution in [-0.4, -0.2) is 37.9 Å². The standard InChI is InChI=1S/C18H23NO4/c1-11-8-13(4-5-21-11)19-18(20)15-10-14(15)12-2-3-16-17(9-12)23-7-6-22-16/h2-3,9,11,13-15H,4-8,10H2,1H3,(H,19,20). The first-order valence-electron chi connectivity index (χ1n) is 8.52. The van der Waals surface area contributed by atoms with Gasteiger partial charge in [0.05, 0.1) is 6.10 Å². The Balaban J connectivity index is 1.37. The summed E-state index contributed by atoms with van der Waals surface area (Å²) in [5.41, 5.74) is 1.18. The molecule has 2 aliphatic heterocycles. The smallest absolute Gasteiger partial charge is 0.223 e. The number of fused-ring (bicyclic) bond motifs is 1. The molecule has 5 heteroatoms. The van der Waals surface area contributed by atoms with Crippen LogP contribution in [0.15, 0.2) is 18.2 Å². The molecule has 1 N–H and O–H groups in total. The van der Waals surface area contributed by atoms with Crippen molar-refractivity contribution < 1.29 is 19.0 Å². The summed E-state index contributed by atoms with van der Waals surface area (Å²) >= 11 is 0. The molecular formula is C18H23NO4. The zero-order valence-corrected chi connectivity index (χ0v) is 13.4. The van der Waals surface area contributed by atoms with Crippen molar-refractivity contribution in [3.63, 3.8) is 0 Å². The molecule has 1 aliphatic carbocycles. The molecule has 1 saturated carbocycles. The number of benzene rings is 1. The molecule has 2 fully saturated rings. The third kappa shape index (κ3) is 3.15. The first-order chi connectivity index (χ1) is 11.2. The van der Waals surface area contributed by atoms with Crippen LogP contribution >= 0.6 is 0 Å². The van der Waals surface area contributed by atoms with Gasteiger partial charge >= 0.3 is 0 Å². The summed E-state index contributed by atoms with van der Waals surface area (Å²) in [7, 11) is 0. The van der Waals surface area contributed by atoms with Gasteiger partial charge in [-0.2, -0.15) is 0 Å². The Hall–Kier alpha value is -1.75. The normalized spacial score (nSPS) is 32.2. The van der Waals surface area contributed by atoms with Crippen molar-refractivity contribution in [2.75, 3.05) is 19.8 Å². The quantitative estimate of drug-likeness (QED) is 0.929. The zero-order valence-electron chi connectivity index (χ0n) is 13.4. The third-order valence-electron chi connectivity index (χ3n) is 4.95. The molecule has 0 radical (unpaired) electrons. The lowest BCUT2D eigenvalue weighted by molar-refractivity contribution is -0.124. The minimum absolute atomic E-state index is 0.0932. The second-order valence-corrected chi connectivity index (χ2v) is 6.76. The van der Waals surface area contributed by atoms with Crippen LogP contribution in [0.3, 0.4) is 0 Å². The van der Waals surface area contributed by atoms with E-state index in [-0.39, 0.29) is 24.0 Å². The zero-order chi connectivity index (χ0) is 15.8. The van der Waals surface area contributed by atoms with Gasteiger partial charge in [0.2, 0.25) is 5.91 Å². The van der Waals surface area contributed by atoms with Gasteiger partial charge in [0.1, 0.15) is 13.2 Å². The van der Waals surface area contributed by atoms with Crippen LogP contribution in [0.4, 0.5) is 0 Å². The average molecular weight is 317 g/mol. The molecule has 124 valence electrons. The van der Waals surface area contributed by atoms with Gasteiger partial charge in [0, 0.05) is 18.6 Å². The van der Waals surface area contributed by atoms with Gasteiger partial charge in [-0.3, -0.25) is 4.79 Å². The van der Waals surface area contributed by atoms with Crippen molar-refractivity contribution in [1.82, 2.24) is 5.32 Å². The van der Waals surface area contributed by atoms with Crippen molar-refractivity contribution >= 4 is 5.91 Å². The van der Waals surface area contributed by atoms with Gasteiger partial charge in [0.15, 0.2) is 11.5 Å². The maximum absolute atomic E-state index is 12.4. The van der Waals surface area contributed by atoms with Gasteiger partial charge < -0.3 is 19.5 Å². The van der Waals surface area contributed by atoms with Crippen LogP contribution < -0.4 is 14.8 Å². The summed E-state index contributed by atoms with van der Waals surface area (Å²) in [5.74, 6) is 2.19. The van der Waals surface area contributed by atoms with Gasteiger partial charge in [-0.25, -0.2) is 0 Å². The minimum Gasteiger partial charge on any atom is -0.486 e. The van der Waals surface area contributed by atoms with Crippen molar-refractivity contribution in [2.45, 2.75) is 44.2 Å². The summed E-state index contributed by atoms with van der Waals surface area (Å²) in [6.07, 6.45) is 2.98. The molecule has 4 rings (SSSR count). The predicted molar refractivity (Wildman–Crippen MR) is 84.9 cm³/mol. The Bertz CT molecular complexity index is 603. The summed E-state index contributed by atoms with van der Waals surface area (Å²) in [6, 6.07) is 6.30. The van der Waals surface area contributed by atoms with Crippen molar-refractivity contribution in [3.05, 3.63) is 23.8 Å². The monoisotopic (exact) mass is 317 g/mol. The van der Waals surface area contributed by atoms with E-state index in [1.165, 1.54) is 5.56 Å². The maximum atomic E-state index is 12.4. The Kier molecular flexibility index (Phi) is 3.89. The highest BCUT2D eigenvalue weighted by Gasteiger charge is 2.44. The van der Waals surface area contributed by atoms with Crippen LogP contribution in [-0.2, 0) is 9.53 Å². The minimum atomic E-state index is 0.0932. The number of carbonyl (C=O) groups is 1. The second kappa shape index (κ2) is 6.04. The highest BCUT2D eigenvalue weighted by atomic mass is 16.6. The van der Waals surface area contributed by atoms with E-state index < -0.39 is 0 Å². The highest BCUT2D eigenvalue weighted by Crippen LogP contribution is 2.49. The molecule has 4 atom stereocenters. The molecule has 1 aromatic carbocycles. The van der Waals surface area contributed by atoms with E-state index in [1.807, 2.05) is 12.1 Å². The number of ether oxygens (including phenoxy) is 3. The molecule has 4 unspecified atom stereocenters. The topological polar surface area (TPSA) is 56.8 Å². The third-order valence-corrected chi connectivity index (χ3v) is 4.95. The van der Waals surface area contributed by atoms with Crippen LogP contribution in [0.2, 0.25) is 0 Å². The first kappa shape index (κ1) is 14.8. The van der Waals surface area contributed by atoms with Crippen LogP contribution in [0, 0.1) is 5.92 Å². The van der Waals surface area contributed by atoms with Gasteiger partial charge in [-0.05, 0) is 49.8 Å². The van der Waals surface area contributed by atoms with E-state index in [2.05, 4.69) is 18.3 Å². The Morgan fingerprint density at radius 1 is 1.13 bits per heavy atom. The first-order valence-corrected chi connectivity index (χ1v) is 8.52. The molecule has 1 aromatic rings.